The summed E-state index contributed by atoms with van der Waals surface area (Å²) in [5.41, 5.74) is -0.208. The van der Waals surface area contributed by atoms with Gasteiger partial charge in [0.2, 0.25) is 0 Å². The molecular weight excluding hydrogens is 285 g/mol. The number of benzene rings is 1. The minimum atomic E-state index is -1.00. The average molecular weight is 302 g/mol. The summed E-state index contributed by atoms with van der Waals surface area (Å²) < 4.78 is 13.7. The Morgan fingerprint density at radius 2 is 2.10 bits per heavy atom. The van der Waals surface area contributed by atoms with Crippen molar-refractivity contribution in [1.29, 1.82) is 0 Å². The van der Waals surface area contributed by atoms with Crippen molar-refractivity contribution < 1.29 is 19.1 Å². The van der Waals surface area contributed by atoms with Gasteiger partial charge in [0, 0.05) is 13.1 Å². The Bertz CT molecular complexity index is 487. The van der Waals surface area contributed by atoms with Crippen molar-refractivity contribution in [3.05, 3.63) is 34.6 Å². The molecule has 1 atom stereocenters. The molecule has 1 amide bonds. The number of carbonyl (C=O) groups is 2. The number of aliphatic carboxylic acids is 1. The summed E-state index contributed by atoms with van der Waals surface area (Å²) in [6, 6.07) is 4.00. The fraction of sp³-hybridized carbons (Fsp3) is 0.429. The van der Waals surface area contributed by atoms with Crippen molar-refractivity contribution in [3.63, 3.8) is 0 Å². The summed E-state index contributed by atoms with van der Waals surface area (Å²) in [5, 5.41) is 8.95. The van der Waals surface area contributed by atoms with Gasteiger partial charge in [0.15, 0.2) is 0 Å². The van der Waals surface area contributed by atoms with Gasteiger partial charge >= 0.3 is 5.97 Å². The number of nitrogens with zero attached hydrogens (tertiary/aromatic N) is 1. The van der Waals surface area contributed by atoms with Crippen molar-refractivity contribution in [1.82, 2.24) is 4.90 Å². The molecule has 0 spiro atoms. The first-order valence-corrected chi connectivity index (χ1v) is 6.72. The molecule has 0 aliphatic rings. The van der Waals surface area contributed by atoms with E-state index in [9.17, 15) is 14.0 Å². The van der Waals surface area contributed by atoms with Crippen LogP contribution in [-0.4, -0.2) is 35.0 Å². The monoisotopic (exact) mass is 301 g/mol. The lowest BCUT2D eigenvalue weighted by Crippen LogP contribution is -2.38. The van der Waals surface area contributed by atoms with Crippen molar-refractivity contribution >= 4 is 23.5 Å². The van der Waals surface area contributed by atoms with E-state index < -0.39 is 23.6 Å². The predicted octanol–water partition coefficient (Wildman–Crippen LogP) is 3.05. The highest BCUT2D eigenvalue weighted by Crippen LogP contribution is 2.21. The van der Waals surface area contributed by atoms with E-state index in [1.54, 1.807) is 0 Å². The third-order valence-electron chi connectivity index (χ3n) is 2.87. The lowest BCUT2D eigenvalue weighted by Gasteiger charge is -2.24. The molecule has 1 aromatic carbocycles. The SMILES string of the molecule is CCCN(CC(C)C(=O)O)C(=O)c1c(F)cccc1Cl. The molecular formula is C14H17ClFNO3. The second-order valence-electron chi connectivity index (χ2n) is 4.59. The molecule has 0 bridgehead atoms. The van der Waals surface area contributed by atoms with Crippen LogP contribution in [0.2, 0.25) is 5.02 Å². The van der Waals surface area contributed by atoms with Gasteiger partial charge in [-0.25, -0.2) is 4.39 Å². The summed E-state index contributed by atoms with van der Waals surface area (Å²) in [5.74, 6) is -3.01. The summed E-state index contributed by atoms with van der Waals surface area (Å²) >= 11 is 5.86. The largest absolute Gasteiger partial charge is 0.481 e. The van der Waals surface area contributed by atoms with Crippen LogP contribution in [0.1, 0.15) is 30.6 Å². The van der Waals surface area contributed by atoms with E-state index in [4.69, 9.17) is 16.7 Å². The number of carboxylic acid groups (broad SMARTS) is 1. The molecule has 110 valence electrons. The fourth-order valence-electron chi connectivity index (χ4n) is 1.81. The Labute approximate surface area is 122 Å². The predicted molar refractivity (Wildman–Crippen MR) is 74.4 cm³/mol. The minimum absolute atomic E-state index is 0.0205. The number of hydrogen-bond acceptors (Lipinski definition) is 2. The normalized spacial score (nSPS) is 12.0. The van der Waals surface area contributed by atoms with E-state index in [-0.39, 0.29) is 17.1 Å². The van der Waals surface area contributed by atoms with Gasteiger partial charge in [-0.05, 0) is 18.6 Å². The molecule has 1 rings (SSSR count). The molecule has 0 saturated heterocycles. The Morgan fingerprint density at radius 3 is 2.60 bits per heavy atom. The topological polar surface area (TPSA) is 57.6 Å². The van der Waals surface area contributed by atoms with E-state index in [1.165, 1.54) is 24.0 Å². The highest BCUT2D eigenvalue weighted by Gasteiger charge is 2.24. The van der Waals surface area contributed by atoms with Crippen LogP contribution in [0, 0.1) is 11.7 Å². The van der Waals surface area contributed by atoms with Crippen LogP contribution in [-0.2, 0) is 4.79 Å². The molecule has 0 radical (unpaired) electrons. The number of amides is 1. The molecule has 0 aliphatic heterocycles. The van der Waals surface area contributed by atoms with Crippen LogP contribution >= 0.6 is 11.6 Å². The third-order valence-corrected chi connectivity index (χ3v) is 3.19. The summed E-state index contributed by atoms with van der Waals surface area (Å²) in [4.78, 5) is 24.6. The molecule has 4 nitrogen and oxygen atoms in total. The maximum Gasteiger partial charge on any atom is 0.308 e. The molecule has 0 aromatic heterocycles. The zero-order chi connectivity index (χ0) is 15.3. The number of rotatable bonds is 6. The Kier molecular flexibility index (Phi) is 5.95. The van der Waals surface area contributed by atoms with Gasteiger partial charge in [-0.1, -0.05) is 31.5 Å². The number of hydrogen-bond donors (Lipinski definition) is 1. The molecule has 6 heteroatoms. The summed E-state index contributed by atoms with van der Waals surface area (Å²) in [6.07, 6.45) is 0.643. The lowest BCUT2D eigenvalue weighted by molar-refractivity contribution is -0.141. The summed E-state index contributed by atoms with van der Waals surface area (Å²) in [7, 11) is 0. The standard InChI is InChI=1S/C14H17ClFNO3/c1-3-7-17(8-9(2)14(19)20)13(18)12-10(15)5-4-6-11(12)16/h4-6,9H,3,7-8H2,1-2H3,(H,19,20). The van der Waals surface area contributed by atoms with Crippen LogP contribution in [0.25, 0.3) is 0 Å². The molecule has 0 fully saturated rings. The van der Waals surface area contributed by atoms with Gasteiger partial charge in [0.05, 0.1) is 16.5 Å². The minimum Gasteiger partial charge on any atom is -0.481 e. The van der Waals surface area contributed by atoms with Gasteiger partial charge in [-0.15, -0.1) is 0 Å². The van der Waals surface area contributed by atoms with Gasteiger partial charge in [-0.2, -0.15) is 0 Å². The van der Waals surface area contributed by atoms with Crippen molar-refractivity contribution in [2.45, 2.75) is 20.3 Å². The van der Waals surface area contributed by atoms with E-state index in [2.05, 4.69) is 0 Å². The van der Waals surface area contributed by atoms with E-state index in [0.29, 0.717) is 13.0 Å². The van der Waals surface area contributed by atoms with Crippen LogP contribution in [0.4, 0.5) is 4.39 Å². The molecule has 1 N–H and O–H groups in total. The van der Waals surface area contributed by atoms with Crippen LogP contribution in [0.3, 0.4) is 0 Å². The maximum atomic E-state index is 13.7. The van der Waals surface area contributed by atoms with Gasteiger partial charge < -0.3 is 10.0 Å². The molecule has 20 heavy (non-hydrogen) atoms. The Morgan fingerprint density at radius 1 is 1.45 bits per heavy atom. The quantitative estimate of drug-likeness (QED) is 0.878. The molecule has 1 unspecified atom stereocenters. The van der Waals surface area contributed by atoms with E-state index in [0.717, 1.165) is 6.07 Å². The lowest BCUT2D eigenvalue weighted by atomic mass is 10.1. The number of carbonyl (C=O) groups excluding carboxylic acids is 1. The van der Waals surface area contributed by atoms with Gasteiger partial charge in [-0.3, -0.25) is 9.59 Å². The highest BCUT2D eigenvalue weighted by atomic mass is 35.5. The first kappa shape index (κ1) is 16.4. The second kappa shape index (κ2) is 7.24. The molecule has 1 aromatic rings. The number of carboxylic acids is 1. The summed E-state index contributed by atoms with van der Waals surface area (Å²) in [6.45, 7) is 3.73. The first-order valence-electron chi connectivity index (χ1n) is 6.34. The Balaban J connectivity index is 3.02. The van der Waals surface area contributed by atoms with Gasteiger partial charge in [0.25, 0.3) is 5.91 Å². The van der Waals surface area contributed by atoms with Crippen LogP contribution in [0.5, 0.6) is 0 Å². The second-order valence-corrected chi connectivity index (χ2v) is 4.99. The maximum absolute atomic E-state index is 13.7. The van der Waals surface area contributed by atoms with Crippen molar-refractivity contribution in [2.75, 3.05) is 13.1 Å². The zero-order valence-electron chi connectivity index (χ0n) is 11.4. The number of halogens is 2. The Hall–Kier alpha value is -1.62. The van der Waals surface area contributed by atoms with Crippen molar-refractivity contribution in [2.24, 2.45) is 5.92 Å². The molecule has 0 heterocycles. The van der Waals surface area contributed by atoms with Gasteiger partial charge in [0.1, 0.15) is 5.82 Å². The molecule has 0 saturated carbocycles. The van der Waals surface area contributed by atoms with Crippen LogP contribution < -0.4 is 0 Å². The zero-order valence-corrected chi connectivity index (χ0v) is 12.2. The highest BCUT2D eigenvalue weighted by molar-refractivity contribution is 6.33. The van der Waals surface area contributed by atoms with E-state index >= 15 is 0 Å². The fourth-order valence-corrected chi connectivity index (χ4v) is 2.06. The average Bonchev–Trinajstić information content (AvgIpc) is 2.37. The smallest absolute Gasteiger partial charge is 0.308 e. The first-order chi connectivity index (χ1) is 9.38. The third kappa shape index (κ3) is 3.93. The van der Waals surface area contributed by atoms with E-state index in [1.807, 2.05) is 6.92 Å². The van der Waals surface area contributed by atoms with Crippen LogP contribution in [0.15, 0.2) is 18.2 Å². The molecule has 0 aliphatic carbocycles. The van der Waals surface area contributed by atoms with Crippen molar-refractivity contribution in [3.8, 4) is 0 Å².